The monoisotopic (exact) mass is 324 g/mol. The molecule has 0 heterocycles. The second-order valence-corrected chi connectivity index (χ2v) is 8.58. The topological polar surface area (TPSA) is 24.1 Å². The highest BCUT2D eigenvalue weighted by Gasteiger charge is 2.19. The van der Waals surface area contributed by atoms with E-state index in [-0.39, 0.29) is 11.1 Å². The van der Waals surface area contributed by atoms with E-state index in [0.29, 0.717) is 0 Å². The summed E-state index contributed by atoms with van der Waals surface area (Å²) in [5, 5.41) is 7.28. The SMILES string of the molecule is Cc1cccc(NC(C)(C)Cc2ccc(C)c(NC(C)(C)C)c2)c1. The van der Waals surface area contributed by atoms with Crippen LogP contribution in [0.25, 0.3) is 0 Å². The highest BCUT2D eigenvalue weighted by Crippen LogP contribution is 2.25. The van der Waals surface area contributed by atoms with Gasteiger partial charge in [-0.25, -0.2) is 0 Å². The molecule has 2 heteroatoms. The van der Waals surface area contributed by atoms with Gasteiger partial charge in [-0.05, 0) is 89.8 Å². The predicted octanol–water partition coefficient (Wildman–Crippen LogP) is 5.95. The van der Waals surface area contributed by atoms with E-state index in [1.807, 2.05) is 0 Å². The normalized spacial score (nSPS) is 12.1. The third-order valence-corrected chi connectivity index (χ3v) is 3.96. The Morgan fingerprint density at radius 3 is 2.17 bits per heavy atom. The lowest BCUT2D eigenvalue weighted by molar-refractivity contribution is 0.564. The molecule has 2 aromatic rings. The summed E-state index contributed by atoms with van der Waals surface area (Å²) < 4.78 is 0. The average Bonchev–Trinajstić information content (AvgIpc) is 2.40. The quantitative estimate of drug-likeness (QED) is 0.710. The second-order valence-electron chi connectivity index (χ2n) is 8.58. The minimum atomic E-state index is -0.0119. The zero-order chi connectivity index (χ0) is 18.0. The van der Waals surface area contributed by atoms with Crippen molar-refractivity contribution in [1.82, 2.24) is 0 Å². The lowest BCUT2D eigenvalue weighted by Crippen LogP contribution is -2.33. The summed E-state index contributed by atoms with van der Waals surface area (Å²) in [6.45, 7) is 15.4. The van der Waals surface area contributed by atoms with Crippen molar-refractivity contribution in [1.29, 1.82) is 0 Å². The van der Waals surface area contributed by atoms with Gasteiger partial charge < -0.3 is 10.6 Å². The molecule has 130 valence electrons. The molecule has 0 atom stereocenters. The van der Waals surface area contributed by atoms with Crippen molar-refractivity contribution >= 4 is 11.4 Å². The first-order chi connectivity index (χ1) is 11.0. The van der Waals surface area contributed by atoms with Crippen LogP contribution in [0.5, 0.6) is 0 Å². The largest absolute Gasteiger partial charge is 0.380 e. The van der Waals surface area contributed by atoms with Crippen LogP contribution in [0.4, 0.5) is 11.4 Å². The fourth-order valence-corrected chi connectivity index (χ4v) is 2.99. The first-order valence-electron chi connectivity index (χ1n) is 8.77. The Bertz CT molecular complexity index is 693. The van der Waals surface area contributed by atoms with Crippen molar-refractivity contribution in [3.05, 3.63) is 59.2 Å². The van der Waals surface area contributed by atoms with Crippen molar-refractivity contribution in [2.45, 2.75) is 66.0 Å². The van der Waals surface area contributed by atoms with Crippen LogP contribution in [0.2, 0.25) is 0 Å². The molecule has 0 aliphatic carbocycles. The molecule has 24 heavy (non-hydrogen) atoms. The van der Waals surface area contributed by atoms with Gasteiger partial charge in [0.25, 0.3) is 0 Å². The molecule has 0 aliphatic rings. The maximum absolute atomic E-state index is 3.67. The minimum absolute atomic E-state index is 0.0119. The van der Waals surface area contributed by atoms with Crippen LogP contribution in [-0.2, 0) is 6.42 Å². The van der Waals surface area contributed by atoms with Crippen LogP contribution < -0.4 is 10.6 Å². The maximum Gasteiger partial charge on any atom is 0.0376 e. The van der Waals surface area contributed by atoms with E-state index in [4.69, 9.17) is 0 Å². The Balaban J connectivity index is 2.15. The molecular formula is C22H32N2. The summed E-state index contributed by atoms with van der Waals surface area (Å²) in [6.07, 6.45) is 0.972. The lowest BCUT2D eigenvalue weighted by Gasteiger charge is -2.29. The molecule has 0 unspecified atom stereocenters. The van der Waals surface area contributed by atoms with Gasteiger partial charge in [0.1, 0.15) is 0 Å². The Morgan fingerprint density at radius 2 is 1.54 bits per heavy atom. The third kappa shape index (κ3) is 5.59. The summed E-state index contributed by atoms with van der Waals surface area (Å²) >= 11 is 0. The summed E-state index contributed by atoms with van der Waals surface area (Å²) in [5.74, 6) is 0. The van der Waals surface area contributed by atoms with Gasteiger partial charge in [0.15, 0.2) is 0 Å². The zero-order valence-corrected chi connectivity index (χ0v) is 16.2. The van der Waals surface area contributed by atoms with Gasteiger partial charge in [-0.3, -0.25) is 0 Å². The number of hydrogen-bond acceptors (Lipinski definition) is 2. The van der Waals surface area contributed by atoms with E-state index in [1.165, 1.54) is 28.1 Å². The van der Waals surface area contributed by atoms with E-state index in [2.05, 4.69) is 102 Å². The van der Waals surface area contributed by atoms with Crippen molar-refractivity contribution < 1.29 is 0 Å². The standard InChI is InChI=1S/C22H32N2/c1-16-9-8-10-19(13-16)23-22(6,7)15-18-12-11-17(2)20(14-18)24-21(3,4)5/h8-14,23-24H,15H2,1-7H3. The molecule has 0 aromatic heterocycles. The van der Waals surface area contributed by atoms with Gasteiger partial charge >= 0.3 is 0 Å². The smallest absolute Gasteiger partial charge is 0.0376 e. The molecular weight excluding hydrogens is 292 g/mol. The van der Waals surface area contributed by atoms with Crippen LogP contribution in [-0.4, -0.2) is 11.1 Å². The first-order valence-corrected chi connectivity index (χ1v) is 8.77. The summed E-state index contributed by atoms with van der Waals surface area (Å²) in [4.78, 5) is 0. The van der Waals surface area contributed by atoms with Gasteiger partial charge in [0.05, 0.1) is 0 Å². The van der Waals surface area contributed by atoms with Gasteiger partial charge in [-0.15, -0.1) is 0 Å². The van der Waals surface area contributed by atoms with E-state index in [0.717, 1.165) is 6.42 Å². The first kappa shape index (κ1) is 18.4. The van der Waals surface area contributed by atoms with Crippen molar-refractivity contribution in [3.63, 3.8) is 0 Å². The van der Waals surface area contributed by atoms with Crippen molar-refractivity contribution in [2.75, 3.05) is 10.6 Å². The number of nitrogens with one attached hydrogen (secondary N) is 2. The van der Waals surface area contributed by atoms with E-state index < -0.39 is 0 Å². The Kier molecular flexibility index (Phi) is 5.27. The number of aryl methyl sites for hydroxylation is 2. The summed E-state index contributed by atoms with van der Waals surface area (Å²) in [6, 6.07) is 15.3. The van der Waals surface area contributed by atoms with Gasteiger partial charge in [0.2, 0.25) is 0 Å². The van der Waals surface area contributed by atoms with Gasteiger partial charge in [-0.2, -0.15) is 0 Å². The Morgan fingerprint density at radius 1 is 0.833 bits per heavy atom. The third-order valence-electron chi connectivity index (χ3n) is 3.96. The van der Waals surface area contributed by atoms with Gasteiger partial charge in [0, 0.05) is 22.5 Å². The molecule has 2 nitrogen and oxygen atoms in total. The number of hydrogen-bond donors (Lipinski definition) is 2. The molecule has 2 aromatic carbocycles. The van der Waals surface area contributed by atoms with Crippen LogP contribution in [0.1, 0.15) is 51.3 Å². The predicted molar refractivity (Wildman–Crippen MR) is 107 cm³/mol. The van der Waals surface area contributed by atoms with Crippen LogP contribution >= 0.6 is 0 Å². The fraction of sp³-hybridized carbons (Fsp3) is 0.455. The highest BCUT2D eigenvalue weighted by molar-refractivity contribution is 5.55. The van der Waals surface area contributed by atoms with Crippen molar-refractivity contribution in [3.8, 4) is 0 Å². The second kappa shape index (κ2) is 6.88. The number of rotatable bonds is 5. The summed E-state index contributed by atoms with van der Waals surface area (Å²) in [7, 11) is 0. The van der Waals surface area contributed by atoms with Crippen molar-refractivity contribution in [2.24, 2.45) is 0 Å². The number of anilines is 2. The molecule has 0 radical (unpaired) electrons. The van der Waals surface area contributed by atoms with Crippen LogP contribution in [0.3, 0.4) is 0 Å². The molecule has 0 saturated carbocycles. The molecule has 2 rings (SSSR count). The Labute approximate surface area is 147 Å². The maximum atomic E-state index is 3.67. The zero-order valence-electron chi connectivity index (χ0n) is 16.2. The summed E-state index contributed by atoms with van der Waals surface area (Å²) in [5.41, 5.74) is 6.38. The van der Waals surface area contributed by atoms with E-state index >= 15 is 0 Å². The Hall–Kier alpha value is -1.96. The average molecular weight is 325 g/mol. The van der Waals surface area contributed by atoms with E-state index in [1.54, 1.807) is 0 Å². The van der Waals surface area contributed by atoms with Crippen LogP contribution in [0, 0.1) is 13.8 Å². The molecule has 0 bridgehead atoms. The number of benzene rings is 2. The fourth-order valence-electron chi connectivity index (χ4n) is 2.99. The minimum Gasteiger partial charge on any atom is -0.380 e. The molecule has 0 saturated heterocycles. The lowest BCUT2D eigenvalue weighted by atomic mass is 9.93. The molecule has 0 fully saturated rings. The van der Waals surface area contributed by atoms with E-state index in [9.17, 15) is 0 Å². The molecule has 0 aliphatic heterocycles. The molecule has 0 amide bonds. The van der Waals surface area contributed by atoms with Gasteiger partial charge in [-0.1, -0.05) is 24.3 Å². The van der Waals surface area contributed by atoms with Crippen LogP contribution in [0.15, 0.2) is 42.5 Å². The molecule has 2 N–H and O–H groups in total. The highest BCUT2D eigenvalue weighted by atomic mass is 15.0. The molecule has 0 spiro atoms.